The van der Waals surface area contributed by atoms with E-state index in [9.17, 15) is 9.59 Å². The fourth-order valence-electron chi connectivity index (χ4n) is 4.98. The van der Waals surface area contributed by atoms with Crippen molar-refractivity contribution in [3.63, 3.8) is 0 Å². The third-order valence-corrected chi connectivity index (χ3v) is 6.67. The Bertz CT molecular complexity index is 882. The van der Waals surface area contributed by atoms with Crippen LogP contribution in [0.1, 0.15) is 37.2 Å². The highest BCUT2D eigenvalue weighted by atomic mass is 35.5. The Morgan fingerprint density at radius 1 is 1.17 bits per heavy atom. The zero-order chi connectivity index (χ0) is 19.8. The maximum Gasteiger partial charge on any atom is 0.248 e. The Morgan fingerprint density at radius 3 is 2.63 bits per heavy atom. The van der Waals surface area contributed by atoms with Crippen LogP contribution in [-0.4, -0.2) is 58.2 Å². The number of benzene rings is 1. The number of aromatic nitrogens is 2. The molecule has 0 spiro atoms. The van der Waals surface area contributed by atoms with E-state index in [1.54, 1.807) is 10.9 Å². The molecular weight excluding hydrogens is 402 g/mol. The van der Waals surface area contributed by atoms with Crippen LogP contribution in [0.5, 0.6) is 0 Å². The number of halogens is 1. The second-order valence-corrected chi connectivity index (χ2v) is 8.47. The zero-order valence-electron chi connectivity index (χ0n) is 16.9. The van der Waals surface area contributed by atoms with E-state index in [1.807, 2.05) is 35.4 Å². The molecule has 3 aliphatic rings. The first-order chi connectivity index (χ1) is 14.2. The van der Waals surface area contributed by atoms with E-state index in [-0.39, 0.29) is 36.3 Å². The van der Waals surface area contributed by atoms with E-state index in [4.69, 9.17) is 0 Å². The molecule has 1 aliphatic carbocycles. The van der Waals surface area contributed by atoms with Crippen LogP contribution in [-0.2, 0) is 15.1 Å². The Kier molecular flexibility index (Phi) is 5.84. The van der Waals surface area contributed by atoms with Gasteiger partial charge in [0.25, 0.3) is 0 Å². The van der Waals surface area contributed by atoms with Gasteiger partial charge >= 0.3 is 0 Å². The molecule has 5 rings (SSSR count). The lowest BCUT2D eigenvalue weighted by Gasteiger charge is -2.37. The van der Waals surface area contributed by atoms with Crippen LogP contribution in [0.25, 0.3) is 0 Å². The maximum atomic E-state index is 13.3. The first kappa shape index (κ1) is 20.9. The number of carbonyl (C=O) groups is 2. The number of nitrogens with one attached hydrogen (secondary N) is 2. The summed E-state index contributed by atoms with van der Waals surface area (Å²) in [6.45, 7) is 2.17. The molecule has 3 unspecified atom stereocenters. The molecule has 1 saturated carbocycles. The Morgan fingerprint density at radius 2 is 1.93 bits per heavy atom. The van der Waals surface area contributed by atoms with Gasteiger partial charge in [0, 0.05) is 37.3 Å². The predicted octanol–water partition coefficient (Wildman–Crippen LogP) is 1.66. The van der Waals surface area contributed by atoms with Crippen LogP contribution >= 0.6 is 12.4 Å². The van der Waals surface area contributed by atoms with Gasteiger partial charge in [0.1, 0.15) is 5.54 Å². The van der Waals surface area contributed by atoms with Crippen molar-refractivity contribution in [2.24, 2.45) is 0 Å². The molecule has 1 aromatic carbocycles. The molecule has 0 radical (unpaired) electrons. The third-order valence-electron chi connectivity index (χ3n) is 6.67. The van der Waals surface area contributed by atoms with Crippen LogP contribution in [0.2, 0.25) is 0 Å². The summed E-state index contributed by atoms with van der Waals surface area (Å²) in [5.41, 5.74) is 0.627. The lowest BCUT2D eigenvalue weighted by atomic mass is 9.87. The number of hydrogen-bond donors (Lipinski definition) is 2. The van der Waals surface area contributed by atoms with Gasteiger partial charge in [-0.05, 0) is 44.0 Å². The van der Waals surface area contributed by atoms with E-state index in [1.165, 1.54) is 5.56 Å². The SMILES string of the molecule is Cl.O=C1CC(NC(=O)C2(n3cccn3)CCNCC2)CN1C1CC1c1ccccc1. The lowest BCUT2D eigenvalue weighted by molar-refractivity contribution is -0.132. The van der Waals surface area contributed by atoms with Crippen molar-refractivity contribution in [2.45, 2.75) is 49.2 Å². The van der Waals surface area contributed by atoms with E-state index < -0.39 is 5.54 Å². The first-order valence-electron chi connectivity index (χ1n) is 10.5. The number of amides is 2. The quantitative estimate of drug-likeness (QED) is 0.757. The zero-order valence-corrected chi connectivity index (χ0v) is 17.7. The summed E-state index contributed by atoms with van der Waals surface area (Å²) in [7, 11) is 0. The van der Waals surface area contributed by atoms with Gasteiger partial charge in [-0.15, -0.1) is 12.4 Å². The molecule has 30 heavy (non-hydrogen) atoms. The molecule has 8 heteroatoms. The van der Waals surface area contributed by atoms with Gasteiger partial charge in [-0.3, -0.25) is 14.3 Å². The molecule has 3 fully saturated rings. The van der Waals surface area contributed by atoms with Crippen molar-refractivity contribution in [2.75, 3.05) is 19.6 Å². The highest BCUT2D eigenvalue weighted by Crippen LogP contribution is 2.46. The standard InChI is InChI=1S/C22H27N5O2.ClH/c28-20-13-17(15-26(20)19-14-18(19)16-5-2-1-3-6-16)25-21(29)22(7-10-23-11-8-22)27-12-4-9-24-27;/h1-6,9,12,17-19,23H,7-8,10-11,13-15H2,(H,25,29);1H. The van der Waals surface area contributed by atoms with Crippen LogP contribution in [0, 0.1) is 0 Å². The summed E-state index contributed by atoms with van der Waals surface area (Å²) < 4.78 is 1.80. The summed E-state index contributed by atoms with van der Waals surface area (Å²) in [5, 5.41) is 10.9. The van der Waals surface area contributed by atoms with Crippen molar-refractivity contribution in [3.8, 4) is 0 Å². The second kappa shape index (κ2) is 8.40. The van der Waals surface area contributed by atoms with Crippen molar-refractivity contribution in [1.29, 1.82) is 0 Å². The van der Waals surface area contributed by atoms with Crippen LogP contribution in [0.3, 0.4) is 0 Å². The number of hydrogen-bond acceptors (Lipinski definition) is 4. The minimum absolute atomic E-state index is 0. The number of nitrogens with zero attached hydrogens (tertiary/aromatic N) is 3. The molecule has 160 valence electrons. The van der Waals surface area contributed by atoms with Gasteiger partial charge in [-0.2, -0.15) is 5.10 Å². The van der Waals surface area contributed by atoms with Gasteiger partial charge in [0.2, 0.25) is 11.8 Å². The lowest BCUT2D eigenvalue weighted by Crippen LogP contribution is -2.56. The number of rotatable bonds is 5. The van der Waals surface area contributed by atoms with Gasteiger partial charge in [0.05, 0.1) is 6.04 Å². The van der Waals surface area contributed by atoms with Gasteiger partial charge in [-0.1, -0.05) is 30.3 Å². The summed E-state index contributed by atoms with van der Waals surface area (Å²) in [4.78, 5) is 28.0. The molecule has 1 aromatic heterocycles. The van der Waals surface area contributed by atoms with Gasteiger partial charge < -0.3 is 15.5 Å². The van der Waals surface area contributed by atoms with Gasteiger partial charge in [0.15, 0.2) is 0 Å². The highest BCUT2D eigenvalue weighted by Gasteiger charge is 2.49. The smallest absolute Gasteiger partial charge is 0.248 e. The highest BCUT2D eigenvalue weighted by molar-refractivity contribution is 5.87. The molecule has 2 aliphatic heterocycles. The minimum atomic E-state index is -0.669. The summed E-state index contributed by atoms with van der Waals surface area (Å²) in [5.74, 6) is 0.560. The third kappa shape index (κ3) is 3.72. The van der Waals surface area contributed by atoms with Crippen LogP contribution in [0.4, 0.5) is 0 Å². The predicted molar refractivity (Wildman–Crippen MR) is 115 cm³/mol. The summed E-state index contributed by atoms with van der Waals surface area (Å²) in [6.07, 6.45) is 6.38. The molecule has 0 bridgehead atoms. The van der Waals surface area contributed by atoms with Crippen molar-refractivity contribution in [3.05, 3.63) is 54.4 Å². The molecule has 3 atom stereocenters. The minimum Gasteiger partial charge on any atom is -0.349 e. The Hall–Kier alpha value is -2.38. The Balaban J connectivity index is 0.00000218. The average Bonchev–Trinajstić information content (AvgIpc) is 3.16. The molecule has 7 nitrogen and oxygen atoms in total. The number of piperidine rings is 1. The normalized spacial score (nSPS) is 27.4. The van der Waals surface area contributed by atoms with E-state index in [2.05, 4.69) is 27.9 Å². The first-order valence-corrected chi connectivity index (χ1v) is 10.5. The van der Waals surface area contributed by atoms with Gasteiger partial charge in [-0.25, -0.2) is 0 Å². The van der Waals surface area contributed by atoms with Crippen LogP contribution < -0.4 is 10.6 Å². The molecule has 3 heterocycles. The average molecular weight is 430 g/mol. The second-order valence-electron chi connectivity index (χ2n) is 8.47. The van der Waals surface area contributed by atoms with Crippen molar-refractivity contribution in [1.82, 2.24) is 25.3 Å². The largest absolute Gasteiger partial charge is 0.349 e. The monoisotopic (exact) mass is 429 g/mol. The van der Waals surface area contributed by atoms with E-state index in [0.717, 1.165) is 19.5 Å². The fourth-order valence-corrected chi connectivity index (χ4v) is 4.98. The molecule has 2 saturated heterocycles. The molecule has 2 N–H and O–H groups in total. The van der Waals surface area contributed by atoms with Crippen molar-refractivity contribution >= 4 is 24.2 Å². The molecule has 2 amide bonds. The summed E-state index contributed by atoms with van der Waals surface area (Å²) >= 11 is 0. The maximum absolute atomic E-state index is 13.3. The van der Waals surface area contributed by atoms with E-state index in [0.29, 0.717) is 31.7 Å². The number of carbonyl (C=O) groups excluding carboxylic acids is 2. The topological polar surface area (TPSA) is 79.3 Å². The molecular formula is C22H28ClN5O2. The fraction of sp³-hybridized carbons (Fsp3) is 0.500. The number of likely N-dealkylation sites (tertiary alicyclic amines) is 1. The van der Waals surface area contributed by atoms with Crippen LogP contribution in [0.15, 0.2) is 48.8 Å². The molecule has 2 aromatic rings. The summed E-state index contributed by atoms with van der Waals surface area (Å²) in [6, 6.07) is 12.4. The van der Waals surface area contributed by atoms with Crippen molar-refractivity contribution < 1.29 is 9.59 Å². The Labute approximate surface area is 182 Å². The van der Waals surface area contributed by atoms with E-state index >= 15 is 0 Å².